The molecular weight excluding hydrogens is 314 g/mol. The van der Waals surface area contributed by atoms with Crippen LogP contribution in [0.4, 0.5) is 0 Å². The van der Waals surface area contributed by atoms with Crippen LogP contribution in [0, 0.1) is 6.92 Å². The summed E-state index contributed by atoms with van der Waals surface area (Å²) < 4.78 is 32.0. The minimum atomic E-state index is -3.79. The lowest BCUT2D eigenvalue weighted by Gasteiger charge is -2.29. The first-order valence-electron chi connectivity index (χ1n) is 6.60. The fraction of sp³-hybridized carbons (Fsp3) is 0.615. The van der Waals surface area contributed by atoms with E-state index in [-0.39, 0.29) is 27.7 Å². The number of aryl methyl sites for hydroxylation is 1. The number of nitrogens with one attached hydrogen (secondary N) is 1. The van der Waals surface area contributed by atoms with E-state index >= 15 is 0 Å². The molecule has 0 radical (unpaired) electrons. The second kappa shape index (κ2) is 6.85. The lowest BCUT2D eigenvalue weighted by Crippen LogP contribution is -2.39. The van der Waals surface area contributed by atoms with E-state index in [4.69, 9.17) is 9.52 Å². The van der Waals surface area contributed by atoms with Crippen LogP contribution in [0.3, 0.4) is 0 Å². The van der Waals surface area contributed by atoms with Gasteiger partial charge in [-0.2, -0.15) is 11.8 Å². The summed E-state index contributed by atoms with van der Waals surface area (Å²) in [5.74, 6) is -1.60. The summed E-state index contributed by atoms with van der Waals surface area (Å²) in [6.45, 7) is 5.75. The van der Waals surface area contributed by atoms with Gasteiger partial charge in [0, 0.05) is 17.4 Å². The standard InChI is InChI=1S/C13H21NO5S2/c1-5-13(6-2,20-4)8-14-21(17,18)11-7-10(12(15)16)19-9(11)3/h7,14H,5-6,8H2,1-4H3,(H,15,16). The number of sulfonamides is 1. The second-order valence-electron chi connectivity index (χ2n) is 4.76. The van der Waals surface area contributed by atoms with Crippen molar-refractivity contribution in [3.05, 3.63) is 17.6 Å². The van der Waals surface area contributed by atoms with Crippen molar-refractivity contribution >= 4 is 27.8 Å². The zero-order valence-electron chi connectivity index (χ0n) is 12.6. The molecule has 1 rings (SSSR count). The van der Waals surface area contributed by atoms with E-state index < -0.39 is 16.0 Å². The molecule has 1 aromatic rings. The van der Waals surface area contributed by atoms with Crippen molar-refractivity contribution in [1.29, 1.82) is 0 Å². The number of thioether (sulfide) groups is 1. The van der Waals surface area contributed by atoms with E-state index in [0.717, 1.165) is 18.9 Å². The monoisotopic (exact) mass is 335 g/mol. The Hall–Kier alpha value is -0.990. The van der Waals surface area contributed by atoms with E-state index in [1.807, 2.05) is 20.1 Å². The van der Waals surface area contributed by atoms with E-state index in [9.17, 15) is 13.2 Å². The molecular formula is C13H21NO5S2. The highest BCUT2D eigenvalue weighted by molar-refractivity contribution is 8.00. The normalized spacial score (nSPS) is 12.6. The van der Waals surface area contributed by atoms with Gasteiger partial charge in [0.05, 0.1) is 0 Å². The fourth-order valence-electron chi connectivity index (χ4n) is 2.00. The van der Waals surface area contributed by atoms with Gasteiger partial charge in [-0.3, -0.25) is 0 Å². The summed E-state index contributed by atoms with van der Waals surface area (Å²) in [7, 11) is -3.79. The lowest BCUT2D eigenvalue weighted by atomic mass is 10.0. The van der Waals surface area contributed by atoms with Crippen LogP contribution >= 0.6 is 11.8 Å². The van der Waals surface area contributed by atoms with Crippen molar-refractivity contribution in [3.63, 3.8) is 0 Å². The molecule has 0 fully saturated rings. The van der Waals surface area contributed by atoms with E-state index in [2.05, 4.69) is 4.72 Å². The molecule has 21 heavy (non-hydrogen) atoms. The highest BCUT2D eigenvalue weighted by atomic mass is 32.2. The molecule has 0 atom stereocenters. The molecule has 0 saturated heterocycles. The second-order valence-corrected chi connectivity index (χ2v) is 7.76. The topological polar surface area (TPSA) is 96.6 Å². The predicted molar refractivity (Wildman–Crippen MR) is 82.4 cm³/mol. The maximum atomic E-state index is 12.3. The van der Waals surface area contributed by atoms with Gasteiger partial charge in [-0.05, 0) is 26.0 Å². The molecule has 0 saturated carbocycles. The first kappa shape index (κ1) is 18.1. The van der Waals surface area contributed by atoms with E-state index in [1.165, 1.54) is 6.92 Å². The molecule has 0 bridgehead atoms. The van der Waals surface area contributed by atoms with Gasteiger partial charge in [0.15, 0.2) is 0 Å². The van der Waals surface area contributed by atoms with Gasteiger partial charge < -0.3 is 9.52 Å². The quantitative estimate of drug-likeness (QED) is 0.757. The van der Waals surface area contributed by atoms with Gasteiger partial charge in [-0.15, -0.1) is 0 Å². The Bertz CT molecular complexity index is 594. The zero-order valence-corrected chi connectivity index (χ0v) is 14.2. The SMILES string of the molecule is CCC(CC)(CNS(=O)(=O)c1cc(C(=O)O)oc1C)SC. The number of aromatic carboxylic acids is 1. The average Bonchev–Trinajstić information content (AvgIpc) is 2.84. The van der Waals surface area contributed by atoms with Crippen molar-refractivity contribution in [3.8, 4) is 0 Å². The molecule has 1 aromatic heterocycles. The summed E-state index contributed by atoms with van der Waals surface area (Å²) in [5, 5.41) is 8.85. The Kier molecular flexibility index (Phi) is 5.89. The number of carboxylic acids is 1. The van der Waals surface area contributed by atoms with Gasteiger partial charge >= 0.3 is 5.97 Å². The Balaban J connectivity index is 3.00. The third kappa shape index (κ3) is 4.02. The van der Waals surface area contributed by atoms with Crippen LogP contribution in [-0.2, 0) is 10.0 Å². The first-order valence-corrected chi connectivity index (χ1v) is 9.30. The fourth-order valence-corrected chi connectivity index (χ4v) is 4.19. The molecule has 0 aliphatic carbocycles. The molecule has 0 aliphatic rings. The number of carboxylic acid groups (broad SMARTS) is 1. The van der Waals surface area contributed by atoms with E-state index in [0.29, 0.717) is 0 Å². The summed E-state index contributed by atoms with van der Waals surface area (Å²) in [6, 6.07) is 1.04. The lowest BCUT2D eigenvalue weighted by molar-refractivity contribution is 0.0661. The minimum absolute atomic E-state index is 0.0719. The number of hydrogen-bond donors (Lipinski definition) is 2. The van der Waals surface area contributed by atoms with Crippen LogP contribution in [0.2, 0.25) is 0 Å². The van der Waals surface area contributed by atoms with Crippen LogP contribution in [0.1, 0.15) is 43.0 Å². The maximum absolute atomic E-state index is 12.3. The molecule has 0 spiro atoms. The van der Waals surface area contributed by atoms with Crippen LogP contribution in [0.15, 0.2) is 15.4 Å². The Morgan fingerprint density at radius 3 is 2.38 bits per heavy atom. The average molecular weight is 335 g/mol. The van der Waals surface area contributed by atoms with Gasteiger partial charge in [-0.1, -0.05) is 13.8 Å². The van der Waals surface area contributed by atoms with Crippen molar-refractivity contribution < 1.29 is 22.7 Å². The van der Waals surface area contributed by atoms with Crippen LogP contribution in [-0.4, -0.2) is 37.0 Å². The van der Waals surface area contributed by atoms with Gasteiger partial charge in [0.25, 0.3) is 0 Å². The summed E-state index contributed by atoms with van der Waals surface area (Å²) >= 11 is 1.62. The van der Waals surface area contributed by atoms with Crippen LogP contribution in [0.5, 0.6) is 0 Å². The third-order valence-corrected chi connectivity index (χ3v) is 6.78. The van der Waals surface area contributed by atoms with Gasteiger partial charge in [-0.25, -0.2) is 17.9 Å². The highest BCUT2D eigenvalue weighted by Crippen LogP contribution is 2.30. The molecule has 0 unspecified atom stereocenters. The minimum Gasteiger partial charge on any atom is -0.475 e. The number of furan rings is 1. The largest absolute Gasteiger partial charge is 0.475 e. The number of carbonyl (C=O) groups is 1. The smallest absolute Gasteiger partial charge is 0.371 e. The molecule has 6 nitrogen and oxygen atoms in total. The zero-order chi connectivity index (χ0) is 16.3. The molecule has 8 heteroatoms. The Morgan fingerprint density at radius 1 is 1.43 bits per heavy atom. The first-order chi connectivity index (χ1) is 9.71. The Morgan fingerprint density at radius 2 is 2.00 bits per heavy atom. The molecule has 0 aliphatic heterocycles. The maximum Gasteiger partial charge on any atom is 0.371 e. The van der Waals surface area contributed by atoms with Crippen molar-refractivity contribution in [1.82, 2.24) is 4.72 Å². The highest BCUT2D eigenvalue weighted by Gasteiger charge is 2.29. The third-order valence-electron chi connectivity index (χ3n) is 3.68. The molecule has 120 valence electrons. The summed E-state index contributed by atoms with van der Waals surface area (Å²) in [6.07, 6.45) is 3.61. The number of rotatable bonds is 8. The Labute approximate surface area is 129 Å². The molecule has 1 heterocycles. The predicted octanol–water partition coefficient (Wildman–Crippen LogP) is 2.49. The summed E-state index contributed by atoms with van der Waals surface area (Å²) in [4.78, 5) is 10.7. The molecule has 0 aromatic carbocycles. The van der Waals surface area contributed by atoms with Crippen molar-refractivity contribution in [2.45, 2.75) is 43.3 Å². The van der Waals surface area contributed by atoms with Crippen molar-refractivity contribution in [2.75, 3.05) is 12.8 Å². The number of hydrogen-bond acceptors (Lipinski definition) is 5. The van der Waals surface area contributed by atoms with Crippen LogP contribution in [0.25, 0.3) is 0 Å². The van der Waals surface area contributed by atoms with Gasteiger partial charge in [0.1, 0.15) is 10.7 Å². The summed E-state index contributed by atoms with van der Waals surface area (Å²) in [5.41, 5.74) is 0. The molecule has 2 N–H and O–H groups in total. The van der Waals surface area contributed by atoms with Crippen molar-refractivity contribution in [2.24, 2.45) is 0 Å². The van der Waals surface area contributed by atoms with E-state index in [1.54, 1.807) is 11.8 Å². The van der Waals surface area contributed by atoms with Crippen LogP contribution < -0.4 is 4.72 Å². The van der Waals surface area contributed by atoms with Gasteiger partial charge in [0.2, 0.25) is 15.8 Å². The molecule has 0 amide bonds.